The maximum Gasteiger partial charge on any atom is 0.303 e. The number of carbonyl (C=O) groups is 1. The van der Waals surface area contributed by atoms with Crippen LogP contribution in [0, 0.1) is 0 Å². The van der Waals surface area contributed by atoms with E-state index in [4.69, 9.17) is 5.11 Å². The number of carboxylic acid groups (broad SMARTS) is 1. The number of carboxylic acids is 1. The first-order chi connectivity index (χ1) is 15.0. The lowest BCUT2D eigenvalue weighted by atomic mass is 9.96. The quantitative estimate of drug-likeness (QED) is 0.416. The Labute approximate surface area is 185 Å². The van der Waals surface area contributed by atoms with Gasteiger partial charge >= 0.3 is 5.97 Å². The molecule has 0 aliphatic carbocycles. The zero-order valence-corrected chi connectivity index (χ0v) is 18.6. The van der Waals surface area contributed by atoms with E-state index < -0.39 is 5.97 Å². The molecule has 0 radical (unpaired) electrons. The minimum atomic E-state index is -0.741. The number of hydrogen-bond acceptors (Lipinski definition) is 2. The van der Waals surface area contributed by atoms with Crippen LogP contribution in [0.2, 0.25) is 0 Å². The fraction of sp³-hybridized carbons (Fsp3) is 0.333. The van der Waals surface area contributed by atoms with Crippen LogP contribution in [0.5, 0.6) is 0 Å². The third kappa shape index (κ3) is 5.94. The minimum Gasteiger partial charge on any atom is -0.481 e. The molecule has 3 aromatic rings. The largest absolute Gasteiger partial charge is 0.481 e. The Hall–Kier alpha value is -3.14. The molecule has 3 rings (SSSR count). The molecular weight excluding hydrogens is 384 g/mol. The number of aromatic nitrogens is 2. The summed E-state index contributed by atoms with van der Waals surface area (Å²) in [5, 5.41) is 8.94. The van der Waals surface area contributed by atoms with Crippen molar-refractivity contribution < 1.29 is 9.90 Å². The number of imidazole rings is 1. The Balaban J connectivity index is 1.61. The summed E-state index contributed by atoms with van der Waals surface area (Å²) >= 11 is 0. The SMILES string of the molecule is C=CCc1ccc(-c2ncc(CCCc3ccc(CCC(=O)O)c(CC)c3)n2C)cc1. The molecule has 1 aromatic heterocycles. The van der Waals surface area contributed by atoms with Crippen LogP contribution >= 0.6 is 0 Å². The zero-order valence-electron chi connectivity index (χ0n) is 18.6. The third-order valence-corrected chi connectivity index (χ3v) is 5.83. The molecule has 4 heteroatoms. The molecule has 2 aromatic carbocycles. The Morgan fingerprint density at radius 1 is 1.06 bits per heavy atom. The third-order valence-electron chi connectivity index (χ3n) is 5.83. The second-order valence-electron chi connectivity index (χ2n) is 8.03. The van der Waals surface area contributed by atoms with Crippen molar-refractivity contribution in [3.63, 3.8) is 0 Å². The van der Waals surface area contributed by atoms with Gasteiger partial charge in [0.25, 0.3) is 0 Å². The van der Waals surface area contributed by atoms with Crippen LogP contribution < -0.4 is 0 Å². The van der Waals surface area contributed by atoms with E-state index in [-0.39, 0.29) is 6.42 Å². The number of nitrogens with zero attached hydrogens (tertiary/aromatic N) is 2. The number of benzene rings is 2. The van der Waals surface area contributed by atoms with Gasteiger partial charge < -0.3 is 9.67 Å². The molecular formula is C27H32N2O2. The lowest BCUT2D eigenvalue weighted by Gasteiger charge is -2.10. The van der Waals surface area contributed by atoms with E-state index in [1.54, 1.807) is 0 Å². The van der Waals surface area contributed by atoms with Crippen molar-refractivity contribution in [1.82, 2.24) is 9.55 Å². The van der Waals surface area contributed by atoms with E-state index in [0.29, 0.717) is 6.42 Å². The molecule has 0 unspecified atom stereocenters. The summed E-state index contributed by atoms with van der Waals surface area (Å²) in [6.45, 7) is 5.92. The van der Waals surface area contributed by atoms with Gasteiger partial charge in [0.1, 0.15) is 5.82 Å². The van der Waals surface area contributed by atoms with E-state index >= 15 is 0 Å². The van der Waals surface area contributed by atoms with E-state index in [1.165, 1.54) is 22.4 Å². The highest BCUT2D eigenvalue weighted by atomic mass is 16.4. The van der Waals surface area contributed by atoms with E-state index in [9.17, 15) is 4.79 Å². The molecule has 0 atom stereocenters. The van der Waals surface area contributed by atoms with Gasteiger partial charge in [-0.1, -0.05) is 55.5 Å². The molecule has 0 amide bonds. The van der Waals surface area contributed by atoms with Crippen LogP contribution in [-0.4, -0.2) is 20.6 Å². The van der Waals surface area contributed by atoms with Gasteiger partial charge in [-0.2, -0.15) is 0 Å². The molecule has 0 aliphatic heterocycles. The Kier molecular flexibility index (Phi) is 7.82. The van der Waals surface area contributed by atoms with E-state index in [1.807, 2.05) is 12.3 Å². The molecule has 0 fully saturated rings. The number of aliphatic carboxylic acids is 1. The summed E-state index contributed by atoms with van der Waals surface area (Å²) in [6, 6.07) is 15.0. The Morgan fingerprint density at radius 2 is 1.81 bits per heavy atom. The normalized spacial score (nSPS) is 10.9. The van der Waals surface area contributed by atoms with Crippen LogP contribution in [-0.2, 0) is 43.9 Å². The summed E-state index contributed by atoms with van der Waals surface area (Å²) in [4.78, 5) is 15.5. The molecule has 0 spiro atoms. The van der Waals surface area contributed by atoms with Gasteiger partial charge in [-0.05, 0) is 60.8 Å². The smallest absolute Gasteiger partial charge is 0.303 e. The van der Waals surface area contributed by atoms with E-state index in [0.717, 1.165) is 49.1 Å². The highest BCUT2D eigenvalue weighted by molar-refractivity contribution is 5.67. The maximum absolute atomic E-state index is 10.9. The molecule has 0 aliphatic rings. The predicted octanol–water partition coefficient (Wildman–Crippen LogP) is 5.57. The van der Waals surface area contributed by atoms with Crippen molar-refractivity contribution in [3.8, 4) is 11.4 Å². The highest BCUT2D eigenvalue weighted by Gasteiger charge is 2.10. The van der Waals surface area contributed by atoms with Crippen molar-refractivity contribution in [3.05, 3.63) is 89.3 Å². The summed E-state index contributed by atoms with van der Waals surface area (Å²) in [6.07, 6.45) is 9.53. The van der Waals surface area contributed by atoms with Crippen molar-refractivity contribution in [1.29, 1.82) is 0 Å². The summed E-state index contributed by atoms with van der Waals surface area (Å²) in [5.41, 5.74) is 7.36. The van der Waals surface area contributed by atoms with Gasteiger partial charge in [0.2, 0.25) is 0 Å². The van der Waals surface area contributed by atoms with Crippen LogP contribution in [0.4, 0.5) is 0 Å². The van der Waals surface area contributed by atoms with Gasteiger partial charge in [0, 0.05) is 30.9 Å². The molecule has 0 saturated heterocycles. The number of rotatable bonds is 11. The first kappa shape index (κ1) is 22.5. The van der Waals surface area contributed by atoms with Gasteiger partial charge in [0.15, 0.2) is 0 Å². The lowest BCUT2D eigenvalue weighted by molar-refractivity contribution is -0.136. The Bertz CT molecular complexity index is 1030. The first-order valence-corrected chi connectivity index (χ1v) is 11.0. The second-order valence-corrected chi connectivity index (χ2v) is 8.03. The molecule has 0 bridgehead atoms. The molecule has 162 valence electrons. The van der Waals surface area contributed by atoms with Crippen molar-refractivity contribution in [2.24, 2.45) is 7.05 Å². The number of hydrogen-bond donors (Lipinski definition) is 1. The van der Waals surface area contributed by atoms with Crippen molar-refractivity contribution in [2.75, 3.05) is 0 Å². The van der Waals surface area contributed by atoms with Gasteiger partial charge in [-0.3, -0.25) is 4.79 Å². The fourth-order valence-corrected chi connectivity index (χ4v) is 4.02. The summed E-state index contributed by atoms with van der Waals surface area (Å²) < 4.78 is 2.19. The monoisotopic (exact) mass is 416 g/mol. The summed E-state index contributed by atoms with van der Waals surface area (Å²) in [7, 11) is 2.09. The average molecular weight is 417 g/mol. The van der Waals surface area contributed by atoms with E-state index in [2.05, 4.69) is 72.6 Å². The van der Waals surface area contributed by atoms with Crippen molar-refractivity contribution >= 4 is 5.97 Å². The molecule has 31 heavy (non-hydrogen) atoms. The van der Waals surface area contributed by atoms with Gasteiger partial charge in [-0.15, -0.1) is 6.58 Å². The van der Waals surface area contributed by atoms with Crippen LogP contribution in [0.15, 0.2) is 61.3 Å². The molecule has 4 nitrogen and oxygen atoms in total. The Morgan fingerprint density at radius 3 is 2.48 bits per heavy atom. The van der Waals surface area contributed by atoms with Crippen LogP contribution in [0.25, 0.3) is 11.4 Å². The minimum absolute atomic E-state index is 0.187. The lowest BCUT2D eigenvalue weighted by Crippen LogP contribution is -2.02. The zero-order chi connectivity index (χ0) is 22.2. The molecule has 0 saturated carbocycles. The first-order valence-electron chi connectivity index (χ1n) is 11.0. The fourth-order valence-electron chi connectivity index (χ4n) is 4.02. The molecule has 1 heterocycles. The van der Waals surface area contributed by atoms with Gasteiger partial charge in [0.05, 0.1) is 0 Å². The molecule has 1 N–H and O–H groups in total. The number of aryl methyl sites for hydroxylation is 4. The van der Waals surface area contributed by atoms with Crippen molar-refractivity contribution in [2.45, 2.75) is 51.9 Å². The maximum atomic E-state index is 10.9. The predicted molar refractivity (Wildman–Crippen MR) is 126 cm³/mol. The average Bonchev–Trinajstić information content (AvgIpc) is 3.13. The standard InChI is InChI=1S/C27H32N2O2/c1-4-7-20-10-14-24(15-11-20)27-28-19-25(29(27)3)9-6-8-21-12-13-23(16-17-26(30)31)22(5-2)18-21/h4,10-15,18-19H,1,5-9,16-17H2,2-3H3,(H,30,31). The van der Waals surface area contributed by atoms with Gasteiger partial charge in [-0.25, -0.2) is 4.98 Å². The second kappa shape index (κ2) is 10.8. The highest BCUT2D eigenvalue weighted by Crippen LogP contribution is 2.21. The summed E-state index contributed by atoms with van der Waals surface area (Å²) in [5.74, 6) is 0.255. The topological polar surface area (TPSA) is 55.1 Å². The van der Waals surface area contributed by atoms with Crippen LogP contribution in [0.3, 0.4) is 0 Å². The van der Waals surface area contributed by atoms with Crippen LogP contribution in [0.1, 0.15) is 47.7 Å². The number of allylic oxidation sites excluding steroid dienone is 1.